The number of thiophene rings is 1. The maximum absolute atomic E-state index is 10.6. The predicted octanol–water partition coefficient (Wildman–Crippen LogP) is 2.14. The largest absolute Gasteiger partial charge is 0.325 e. The van der Waals surface area contributed by atoms with E-state index in [4.69, 9.17) is 0 Å². The van der Waals surface area contributed by atoms with Crippen LogP contribution in [0.3, 0.4) is 0 Å². The van der Waals surface area contributed by atoms with Gasteiger partial charge in [0.1, 0.15) is 0 Å². The molecule has 0 saturated carbocycles. The molecule has 0 aliphatic heterocycles. The molecule has 0 aliphatic carbocycles. The van der Waals surface area contributed by atoms with Gasteiger partial charge in [-0.1, -0.05) is 0 Å². The van der Waals surface area contributed by atoms with Gasteiger partial charge in [-0.05, 0) is 11.4 Å². The summed E-state index contributed by atoms with van der Waals surface area (Å²) in [5, 5.41) is 4.67. The summed E-state index contributed by atoms with van der Waals surface area (Å²) >= 11 is 5.73. The number of anilines is 1. The number of carbonyl (C=O) groups is 1. The molecule has 0 aromatic carbocycles. The van der Waals surface area contributed by atoms with E-state index < -0.39 is 0 Å². The van der Waals surface area contributed by atoms with E-state index in [1.165, 1.54) is 6.92 Å². The zero-order valence-corrected chi connectivity index (χ0v) is 7.84. The highest BCUT2D eigenvalue weighted by Crippen LogP contribution is 2.23. The highest BCUT2D eigenvalue weighted by Gasteiger charge is 2.02. The van der Waals surface area contributed by atoms with Crippen molar-refractivity contribution in [2.75, 3.05) is 5.32 Å². The number of hydrogen-bond donors (Lipinski definition) is 2. The predicted molar refractivity (Wildman–Crippen MR) is 51.3 cm³/mol. The molecule has 0 spiro atoms. The Morgan fingerprint density at radius 1 is 1.82 bits per heavy atom. The van der Waals surface area contributed by atoms with Crippen LogP contribution in [0.15, 0.2) is 11.4 Å². The van der Waals surface area contributed by atoms with Crippen LogP contribution >= 0.6 is 24.0 Å². The molecular formula is C7H9NOS2. The fraction of sp³-hybridized carbons (Fsp3) is 0.286. The average Bonchev–Trinajstić information content (AvgIpc) is 2.34. The minimum atomic E-state index is -0.0357. The second-order valence-corrected chi connectivity index (χ2v) is 3.41. The molecular weight excluding hydrogens is 178 g/mol. The summed E-state index contributed by atoms with van der Waals surface area (Å²) in [6.07, 6.45) is 0. The Balaban J connectivity index is 2.76. The van der Waals surface area contributed by atoms with Gasteiger partial charge in [-0.3, -0.25) is 4.79 Å². The summed E-state index contributed by atoms with van der Waals surface area (Å²) in [7, 11) is 0. The minimum Gasteiger partial charge on any atom is -0.325 e. The van der Waals surface area contributed by atoms with Gasteiger partial charge in [0.25, 0.3) is 0 Å². The molecule has 0 fully saturated rings. The molecule has 1 amide bonds. The van der Waals surface area contributed by atoms with Gasteiger partial charge in [0, 0.05) is 17.6 Å². The van der Waals surface area contributed by atoms with E-state index in [-0.39, 0.29) is 5.91 Å². The van der Waals surface area contributed by atoms with Crippen molar-refractivity contribution >= 4 is 35.6 Å². The zero-order valence-electron chi connectivity index (χ0n) is 6.13. The summed E-state index contributed by atoms with van der Waals surface area (Å²) in [6, 6.07) is 1.89. The number of hydrogen-bond acceptors (Lipinski definition) is 3. The monoisotopic (exact) mass is 187 g/mol. The molecule has 1 N–H and O–H groups in total. The first-order chi connectivity index (χ1) is 5.24. The summed E-state index contributed by atoms with van der Waals surface area (Å²) in [6.45, 7) is 1.50. The van der Waals surface area contributed by atoms with Crippen molar-refractivity contribution in [1.82, 2.24) is 0 Å². The van der Waals surface area contributed by atoms with Gasteiger partial charge >= 0.3 is 0 Å². The molecule has 1 aromatic heterocycles. The Bertz CT molecular complexity index is 257. The molecule has 0 aliphatic rings. The van der Waals surface area contributed by atoms with E-state index >= 15 is 0 Å². The van der Waals surface area contributed by atoms with Gasteiger partial charge < -0.3 is 5.32 Å². The van der Waals surface area contributed by atoms with Crippen LogP contribution < -0.4 is 5.32 Å². The standard InChI is InChI=1S/C7H9NOS2/c1-5(9)8-6-2-3-11-7(6)4-10/h2-3,10H,4H2,1H3,(H,8,9). The number of nitrogens with one attached hydrogen (secondary N) is 1. The highest BCUT2D eigenvalue weighted by molar-refractivity contribution is 7.79. The summed E-state index contributed by atoms with van der Waals surface area (Å²) < 4.78 is 0. The smallest absolute Gasteiger partial charge is 0.221 e. The topological polar surface area (TPSA) is 29.1 Å². The van der Waals surface area contributed by atoms with Gasteiger partial charge in [0.2, 0.25) is 5.91 Å². The van der Waals surface area contributed by atoms with E-state index in [2.05, 4.69) is 17.9 Å². The maximum atomic E-state index is 10.6. The SMILES string of the molecule is CC(=O)Nc1ccsc1CS. The van der Waals surface area contributed by atoms with E-state index in [0.29, 0.717) is 5.75 Å². The van der Waals surface area contributed by atoms with E-state index in [1.54, 1.807) is 11.3 Å². The lowest BCUT2D eigenvalue weighted by atomic mass is 10.4. The van der Waals surface area contributed by atoms with Crippen molar-refractivity contribution in [3.63, 3.8) is 0 Å². The fourth-order valence-corrected chi connectivity index (χ4v) is 1.85. The van der Waals surface area contributed by atoms with Gasteiger partial charge in [-0.2, -0.15) is 12.6 Å². The van der Waals surface area contributed by atoms with Crippen molar-refractivity contribution in [2.24, 2.45) is 0 Å². The molecule has 1 heterocycles. The molecule has 0 radical (unpaired) electrons. The first-order valence-electron chi connectivity index (χ1n) is 3.19. The van der Waals surface area contributed by atoms with E-state index in [0.717, 1.165) is 10.6 Å². The van der Waals surface area contributed by atoms with Crippen LogP contribution in [-0.4, -0.2) is 5.91 Å². The zero-order chi connectivity index (χ0) is 8.27. The molecule has 0 saturated heterocycles. The lowest BCUT2D eigenvalue weighted by Crippen LogP contribution is -2.05. The van der Waals surface area contributed by atoms with Crippen molar-refractivity contribution in [3.05, 3.63) is 16.3 Å². The second-order valence-electron chi connectivity index (χ2n) is 2.10. The number of amides is 1. The first kappa shape index (κ1) is 8.62. The third-order valence-electron chi connectivity index (χ3n) is 1.20. The summed E-state index contributed by atoms with van der Waals surface area (Å²) in [4.78, 5) is 11.7. The molecule has 0 bridgehead atoms. The van der Waals surface area contributed by atoms with Crippen LogP contribution in [0.5, 0.6) is 0 Å². The average molecular weight is 187 g/mol. The van der Waals surface area contributed by atoms with Gasteiger partial charge in [0.05, 0.1) is 5.69 Å². The molecule has 0 unspecified atom stereocenters. The molecule has 1 aromatic rings. The quantitative estimate of drug-likeness (QED) is 0.682. The Morgan fingerprint density at radius 2 is 2.55 bits per heavy atom. The number of carbonyl (C=O) groups excluding carboxylic acids is 1. The van der Waals surface area contributed by atoms with Gasteiger partial charge in [0.15, 0.2) is 0 Å². The van der Waals surface area contributed by atoms with Crippen LogP contribution in [-0.2, 0) is 10.5 Å². The Labute approximate surface area is 75.0 Å². The summed E-state index contributed by atoms with van der Waals surface area (Å²) in [5.74, 6) is 0.638. The van der Waals surface area contributed by atoms with Crippen molar-refractivity contribution in [2.45, 2.75) is 12.7 Å². The van der Waals surface area contributed by atoms with E-state index in [9.17, 15) is 4.79 Å². The van der Waals surface area contributed by atoms with Crippen LogP contribution in [0.25, 0.3) is 0 Å². The maximum Gasteiger partial charge on any atom is 0.221 e. The highest BCUT2D eigenvalue weighted by atomic mass is 32.1. The normalized spacial score (nSPS) is 9.64. The Morgan fingerprint density at radius 3 is 3.09 bits per heavy atom. The fourth-order valence-electron chi connectivity index (χ4n) is 0.764. The van der Waals surface area contributed by atoms with Crippen LogP contribution in [0, 0.1) is 0 Å². The minimum absolute atomic E-state index is 0.0357. The molecule has 2 nitrogen and oxygen atoms in total. The number of thiol groups is 1. The Hall–Kier alpha value is -0.480. The first-order valence-corrected chi connectivity index (χ1v) is 4.70. The van der Waals surface area contributed by atoms with Crippen LogP contribution in [0.4, 0.5) is 5.69 Å². The Kier molecular flexibility index (Phi) is 2.96. The number of rotatable bonds is 2. The lowest BCUT2D eigenvalue weighted by Gasteiger charge is -1.99. The van der Waals surface area contributed by atoms with Crippen LogP contribution in [0.1, 0.15) is 11.8 Å². The van der Waals surface area contributed by atoms with Crippen LogP contribution in [0.2, 0.25) is 0 Å². The molecule has 11 heavy (non-hydrogen) atoms. The third-order valence-corrected chi connectivity index (χ3v) is 2.65. The second kappa shape index (κ2) is 3.78. The molecule has 4 heteroatoms. The summed E-state index contributed by atoms with van der Waals surface area (Å²) in [5.41, 5.74) is 0.887. The van der Waals surface area contributed by atoms with Crippen molar-refractivity contribution in [1.29, 1.82) is 0 Å². The lowest BCUT2D eigenvalue weighted by molar-refractivity contribution is -0.114. The van der Waals surface area contributed by atoms with Gasteiger partial charge in [-0.25, -0.2) is 0 Å². The van der Waals surface area contributed by atoms with Gasteiger partial charge in [-0.15, -0.1) is 11.3 Å². The molecule has 1 rings (SSSR count). The third kappa shape index (κ3) is 2.24. The van der Waals surface area contributed by atoms with Crippen molar-refractivity contribution < 1.29 is 4.79 Å². The molecule has 0 atom stereocenters. The molecule has 60 valence electrons. The van der Waals surface area contributed by atoms with E-state index in [1.807, 2.05) is 11.4 Å². The van der Waals surface area contributed by atoms with Crippen molar-refractivity contribution in [3.8, 4) is 0 Å².